The summed E-state index contributed by atoms with van der Waals surface area (Å²) in [6.45, 7) is 6.69. The van der Waals surface area contributed by atoms with E-state index < -0.39 is 0 Å². The highest BCUT2D eigenvalue weighted by Gasteiger charge is 2.46. The zero-order chi connectivity index (χ0) is 17.4. The van der Waals surface area contributed by atoms with Gasteiger partial charge < -0.3 is 0 Å². The SMILES string of the molecule is Cc1c(Cl)cccc1-n1nnnc1C1(N2CCCC2)CCC(C)CC1. The number of benzene rings is 1. The van der Waals surface area contributed by atoms with Crippen molar-refractivity contribution in [2.24, 2.45) is 5.92 Å². The fraction of sp³-hybridized carbons (Fsp3) is 0.632. The number of tetrazole rings is 1. The Morgan fingerprint density at radius 1 is 1.16 bits per heavy atom. The molecule has 0 N–H and O–H groups in total. The summed E-state index contributed by atoms with van der Waals surface area (Å²) in [7, 11) is 0. The first kappa shape index (κ1) is 17.0. The molecule has 134 valence electrons. The molecule has 4 rings (SSSR count). The molecule has 2 fully saturated rings. The molecule has 1 aromatic heterocycles. The van der Waals surface area contributed by atoms with Gasteiger partial charge in [0.05, 0.1) is 11.2 Å². The average Bonchev–Trinajstić information content (AvgIpc) is 3.30. The van der Waals surface area contributed by atoms with Gasteiger partial charge in [-0.3, -0.25) is 4.90 Å². The van der Waals surface area contributed by atoms with Gasteiger partial charge in [0.15, 0.2) is 5.82 Å². The van der Waals surface area contributed by atoms with Gasteiger partial charge in [-0.1, -0.05) is 24.6 Å². The standard InChI is InChI=1S/C19H26ClN5/c1-14-8-10-19(11-9-14,24-12-3-4-13-24)18-21-22-23-25(18)17-7-5-6-16(20)15(17)2/h5-7,14H,3-4,8-13H2,1-2H3. The minimum atomic E-state index is -0.0404. The third kappa shape index (κ3) is 2.87. The zero-order valence-corrected chi connectivity index (χ0v) is 15.8. The maximum atomic E-state index is 6.36. The smallest absolute Gasteiger partial charge is 0.176 e. The minimum absolute atomic E-state index is 0.0404. The summed E-state index contributed by atoms with van der Waals surface area (Å²) in [4.78, 5) is 2.64. The molecule has 0 bridgehead atoms. The van der Waals surface area contributed by atoms with E-state index in [1.807, 2.05) is 23.7 Å². The lowest BCUT2D eigenvalue weighted by Crippen LogP contribution is -2.48. The summed E-state index contributed by atoms with van der Waals surface area (Å²) in [5.74, 6) is 1.78. The number of nitrogens with zero attached hydrogens (tertiary/aromatic N) is 5. The van der Waals surface area contributed by atoms with Crippen molar-refractivity contribution in [2.45, 2.75) is 57.9 Å². The first-order valence-corrected chi connectivity index (χ1v) is 9.79. The lowest BCUT2D eigenvalue weighted by atomic mass is 9.75. The molecule has 2 aliphatic rings. The molecule has 2 heterocycles. The number of halogens is 1. The van der Waals surface area contributed by atoms with Gasteiger partial charge in [-0.25, -0.2) is 0 Å². The second kappa shape index (κ2) is 6.69. The van der Waals surface area contributed by atoms with Crippen molar-refractivity contribution in [3.8, 4) is 5.69 Å². The van der Waals surface area contributed by atoms with Gasteiger partial charge in [-0.15, -0.1) is 5.10 Å². The molecule has 2 aromatic rings. The van der Waals surface area contributed by atoms with Gasteiger partial charge in [-0.05, 0) is 92.6 Å². The molecule has 1 aliphatic carbocycles. The lowest BCUT2D eigenvalue weighted by Gasteiger charge is -2.45. The summed E-state index contributed by atoms with van der Waals surface area (Å²) in [6.07, 6.45) is 7.28. The quantitative estimate of drug-likeness (QED) is 0.826. The Morgan fingerprint density at radius 3 is 2.60 bits per heavy atom. The minimum Gasteiger partial charge on any atom is -0.291 e. The lowest BCUT2D eigenvalue weighted by molar-refractivity contribution is 0.0455. The number of hydrogen-bond acceptors (Lipinski definition) is 4. The van der Waals surface area contributed by atoms with Crippen LogP contribution in [-0.4, -0.2) is 38.2 Å². The summed E-state index contributed by atoms with van der Waals surface area (Å²) in [5.41, 5.74) is 1.98. The van der Waals surface area contributed by atoms with Crippen molar-refractivity contribution in [3.05, 3.63) is 34.6 Å². The van der Waals surface area contributed by atoms with Gasteiger partial charge in [0.2, 0.25) is 0 Å². The van der Waals surface area contributed by atoms with Crippen LogP contribution < -0.4 is 0 Å². The van der Waals surface area contributed by atoms with Crippen LogP contribution in [-0.2, 0) is 5.54 Å². The molecular formula is C19H26ClN5. The molecule has 1 saturated heterocycles. The van der Waals surface area contributed by atoms with Crippen LogP contribution in [0.5, 0.6) is 0 Å². The first-order valence-electron chi connectivity index (χ1n) is 9.41. The Kier molecular flexibility index (Phi) is 4.54. The molecule has 0 unspecified atom stereocenters. The van der Waals surface area contributed by atoms with E-state index in [-0.39, 0.29) is 5.54 Å². The number of hydrogen-bond donors (Lipinski definition) is 0. The van der Waals surface area contributed by atoms with Crippen LogP contribution in [0.3, 0.4) is 0 Å². The number of aromatic nitrogens is 4. The third-order valence-electron chi connectivity index (χ3n) is 6.17. The molecular weight excluding hydrogens is 334 g/mol. The Morgan fingerprint density at radius 2 is 1.88 bits per heavy atom. The van der Waals surface area contributed by atoms with Crippen LogP contribution >= 0.6 is 11.6 Å². The van der Waals surface area contributed by atoms with E-state index in [2.05, 4.69) is 33.4 Å². The Labute approximate surface area is 154 Å². The maximum Gasteiger partial charge on any atom is 0.176 e. The first-order chi connectivity index (χ1) is 12.1. The molecule has 1 saturated carbocycles. The highest BCUT2D eigenvalue weighted by Crippen LogP contribution is 2.45. The predicted octanol–water partition coefficient (Wildman–Crippen LogP) is 4.13. The van der Waals surface area contributed by atoms with E-state index >= 15 is 0 Å². The number of likely N-dealkylation sites (tertiary alicyclic amines) is 1. The van der Waals surface area contributed by atoms with E-state index in [0.29, 0.717) is 0 Å². The highest BCUT2D eigenvalue weighted by molar-refractivity contribution is 6.31. The van der Waals surface area contributed by atoms with Crippen LogP contribution in [0, 0.1) is 12.8 Å². The largest absolute Gasteiger partial charge is 0.291 e. The van der Waals surface area contributed by atoms with Gasteiger partial charge in [0.25, 0.3) is 0 Å². The molecule has 1 aliphatic heterocycles. The summed E-state index contributed by atoms with van der Waals surface area (Å²) in [6, 6.07) is 5.95. The Bertz CT molecular complexity index is 742. The van der Waals surface area contributed by atoms with Gasteiger partial charge in [0.1, 0.15) is 0 Å². The molecule has 0 radical (unpaired) electrons. The monoisotopic (exact) mass is 359 g/mol. The van der Waals surface area contributed by atoms with E-state index in [1.165, 1.54) is 25.7 Å². The second-order valence-electron chi connectivity index (χ2n) is 7.71. The Hall–Kier alpha value is -1.46. The van der Waals surface area contributed by atoms with E-state index in [1.54, 1.807) is 0 Å². The fourth-order valence-corrected chi connectivity index (χ4v) is 4.70. The second-order valence-corrected chi connectivity index (χ2v) is 8.11. The van der Waals surface area contributed by atoms with E-state index in [9.17, 15) is 0 Å². The Balaban J connectivity index is 1.81. The summed E-state index contributed by atoms with van der Waals surface area (Å²) < 4.78 is 1.94. The van der Waals surface area contributed by atoms with Crippen molar-refractivity contribution in [1.82, 2.24) is 25.1 Å². The maximum absolute atomic E-state index is 6.36. The van der Waals surface area contributed by atoms with Crippen LogP contribution in [0.4, 0.5) is 0 Å². The predicted molar refractivity (Wildman–Crippen MR) is 99.0 cm³/mol. The van der Waals surface area contributed by atoms with Gasteiger partial charge in [0, 0.05) is 5.02 Å². The molecule has 1 aromatic carbocycles. The van der Waals surface area contributed by atoms with Crippen molar-refractivity contribution < 1.29 is 0 Å². The normalized spacial score (nSPS) is 27.7. The van der Waals surface area contributed by atoms with E-state index in [0.717, 1.165) is 53.9 Å². The van der Waals surface area contributed by atoms with Gasteiger partial charge in [-0.2, -0.15) is 4.68 Å². The summed E-state index contributed by atoms with van der Waals surface area (Å²) >= 11 is 6.36. The highest BCUT2D eigenvalue weighted by atomic mass is 35.5. The topological polar surface area (TPSA) is 46.8 Å². The van der Waals surface area contributed by atoms with Gasteiger partial charge >= 0.3 is 0 Å². The summed E-state index contributed by atoms with van der Waals surface area (Å²) in [5, 5.41) is 13.7. The molecule has 6 heteroatoms. The van der Waals surface area contributed by atoms with Crippen LogP contribution in [0.15, 0.2) is 18.2 Å². The zero-order valence-electron chi connectivity index (χ0n) is 15.1. The fourth-order valence-electron chi connectivity index (χ4n) is 4.53. The van der Waals surface area contributed by atoms with Crippen molar-refractivity contribution in [2.75, 3.05) is 13.1 Å². The molecule has 0 atom stereocenters. The van der Waals surface area contributed by atoms with Crippen LogP contribution in [0.1, 0.15) is 56.8 Å². The molecule has 0 spiro atoms. The molecule has 25 heavy (non-hydrogen) atoms. The number of rotatable bonds is 3. The van der Waals surface area contributed by atoms with E-state index in [4.69, 9.17) is 11.6 Å². The molecule has 0 amide bonds. The van der Waals surface area contributed by atoms with Crippen molar-refractivity contribution in [3.63, 3.8) is 0 Å². The van der Waals surface area contributed by atoms with Crippen LogP contribution in [0.2, 0.25) is 5.02 Å². The van der Waals surface area contributed by atoms with Crippen molar-refractivity contribution >= 4 is 11.6 Å². The molecule has 5 nitrogen and oxygen atoms in total. The average molecular weight is 360 g/mol. The van der Waals surface area contributed by atoms with Crippen LogP contribution in [0.25, 0.3) is 5.69 Å². The van der Waals surface area contributed by atoms with Crippen molar-refractivity contribution in [1.29, 1.82) is 0 Å². The third-order valence-corrected chi connectivity index (χ3v) is 6.58.